The van der Waals surface area contributed by atoms with Gasteiger partial charge in [-0.3, -0.25) is 9.69 Å². The van der Waals surface area contributed by atoms with Crippen LogP contribution >= 0.6 is 0 Å². The summed E-state index contributed by atoms with van der Waals surface area (Å²) >= 11 is 0. The summed E-state index contributed by atoms with van der Waals surface area (Å²) in [7, 11) is 0. The van der Waals surface area contributed by atoms with Gasteiger partial charge in [0.15, 0.2) is 0 Å². The van der Waals surface area contributed by atoms with Gasteiger partial charge in [0.1, 0.15) is 0 Å². The summed E-state index contributed by atoms with van der Waals surface area (Å²) < 4.78 is 5.40. The van der Waals surface area contributed by atoms with Gasteiger partial charge in [0.05, 0.1) is 19.2 Å². The number of amides is 2. The summed E-state index contributed by atoms with van der Waals surface area (Å²) in [6, 6.07) is -0.0992. The Morgan fingerprint density at radius 3 is 2.33 bits per heavy atom. The number of carbonyl (C=O) groups is 2. The van der Waals surface area contributed by atoms with Crippen LogP contribution in [0.3, 0.4) is 0 Å². The Morgan fingerprint density at radius 1 is 1.24 bits per heavy atom. The van der Waals surface area contributed by atoms with Crippen molar-refractivity contribution in [2.75, 3.05) is 45.9 Å². The minimum absolute atomic E-state index is 0.00509. The molecule has 0 radical (unpaired) electrons. The highest BCUT2D eigenvalue weighted by Crippen LogP contribution is 2.06. The zero-order chi connectivity index (χ0) is 15.8. The van der Waals surface area contributed by atoms with Gasteiger partial charge in [-0.1, -0.05) is 13.8 Å². The molecule has 1 saturated heterocycles. The summed E-state index contributed by atoms with van der Waals surface area (Å²) in [4.78, 5) is 26.5. The minimum Gasteiger partial charge on any atom is -0.480 e. The molecule has 0 aromatic carbocycles. The zero-order valence-electron chi connectivity index (χ0n) is 13.2. The maximum Gasteiger partial charge on any atom is 0.317 e. The minimum atomic E-state index is -0.829. The van der Waals surface area contributed by atoms with Crippen molar-refractivity contribution in [3.8, 4) is 0 Å². The monoisotopic (exact) mass is 301 g/mol. The van der Waals surface area contributed by atoms with Gasteiger partial charge in [0, 0.05) is 32.8 Å². The van der Waals surface area contributed by atoms with E-state index in [-0.39, 0.29) is 18.6 Å². The molecule has 1 rings (SSSR count). The first kappa shape index (κ1) is 17.7. The Balaban J connectivity index is 2.40. The molecule has 0 saturated carbocycles. The van der Waals surface area contributed by atoms with Crippen LogP contribution in [0, 0.1) is 5.92 Å². The molecule has 1 aliphatic rings. The molecule has 1 fully saturated rings. The van der Waals surface area contributed by atoms with Crippen molar-refractivity contribution in [3.63, 3.8) is 0 Å². The van der Waals surface area contributed by atoms with Crippen molar-refractivity contribution >= 4 is 12.0 Å². The molecule has 1 heterocycles. The highest BCUT2D eigenvalue weighted by Gasteiger charge is 2.24. The van der Waals surface area contributed by atoms with E-state index in [2.05, 4.69) is 19.2 Å². The molecule has 1 aliphatic heterocycles. The quantitative estimate of drug-likeness (QED) is 0.714. The highest BCUT2D eigenvalue weighted by molar-refractivity contribution is 5.74. The van der Waals surface area contributed by atoms with Crippen molar-refractivity contribution in [2.45, 2.75) is 26.8 Å². The van der Waals surface area contributed by atoms with Crippen LogP contribution in [-0.4, -0.2) is 78.9 Å². The molecule has 0 bridgehead atoms. The third kappa shape index (κ3) is 6.31. The number of rotatable bonds is 7. The van der Waals surface area contributed by atoms with Gasteiger partial charge in [0.2, 0.25) is 0 Å². The smallest absolute Gasteiger partial charge is 0.317 e. The number of urea groups is 1. The largest absolute Gasteiger partial charge is 0.480 e. The molecule has 122 valence electrons. The molecular formula is C14H27N3O4. The lowest BCUT2D eigenvalue weighted by Gasteiger charge is -2.35. The molecule has 0 spiro atoms. The first-order valence-corrected chi connectivity index (χ1v) is 7.51. The summed E-state index contributed by atoms with van der Waals surface area (Å²) in [5.41, 5.74) is 0. The number of carboxylic acids is 1. The van der Waals surface area contributed by atoms with E-state index in [0.717, 1.165) is 0 Å². The molecule has 1 unspecified atom stereocenters. The van der Waals surface area contributed by atoms with Crippen molar-refractivity contribution < 1.29 is 19.4 Å². The van der Waals surface area contributed by atoms with E-state index in [0.29, 0.717) is 45.3 Å². The lowest BCUT2D eigenvalue weighted by Crippen LogP contribution is -2.55. The summed E-state index contributed by atoms with van der Waals surface area (Å²) in [5, 5.41) is 11.8. The van der Waals surface area contributed by atoms with Crippen LogP contribution in [0.25, 0.3) is 0 Å². The molecule has 2 amide bonds. The fourth-order valence-electron chi connectivity index (χ4n) is 2.20. The molecule has 1 atom stereocenters. The van der Waals surface area contributed by atoms with Gasteiger partial charge < -0.3 is 20.1 Å². The van der Waals surface area contributed by atoms with Gasteiger partial charge in [0.25, 0.3) is 0 Å². The number of hydrogen-bond donors (Lipinski definition) is 2. The molecule has 21 heavy (non-hydrogen) atoms. The van der Waals surface area contributed by atoms with Crippen LogP contribution in [0.5, 0.6) is 0 Å². The van der Waals surface area contributed by atoms with Crippen LogP contribution in [0.15, 0.2) is 0 Å². The number of carboxylic acid groups (broad SMARTS) is 1. The van der Waals surface area contributed by atoms with Gasteiger partial charge in [-0.05, 0) is 12.8 Å². The Kier molecular flexibility index (Phi) is 7.45. The molecular weight excluding hydrogens is 274 g/mol. The van der Waals surface area contributed by atoms with E-state index in [1.54, 1.807) is 4.90 Å². The second-order valence-corrected chi connectivity index (χ2v) is 5.62. The van der Waals surface area contributed by atoms with Crippen LogP contribution < -0.4 is 5.32 Å². The normalized spacial score (nSPS) is 17.8. The van der Waals surface area contributed by atoms with E-state index >= 15 is 0 Å². The number of aliphatic carboxylic acids is 1. The topological polar surface area (TPSA) is 82.1 Å². The maximum absolute atomic E-state index is 12.2. The number of piperazine rings is 1. The van der Waals surface area contributed by atoms with E-state index in [1.807, 2.05) is 11.8 Å². The number of hydrogen-bond acceptors (Lipinski definition) is 4. The van der Waals surface area contributed by atoms with Crippen molar-refractivity contribution in [1.82, 2.24) is 15.1 Å². The van der Waals surface area contributed by atoms with Crippen LogP contribution in [0.4, 0.5) is 4.79 Å². The fraction of sp³-hybridized carbons (Fsp3) is 0.857. The number of ether oxygens (including phenoxy) is 1. The van der Waals surface area contributed by atoms with Crippen molar-refractivity contribution in [2.24, 2.45) is 5.92 Å². The van der Waals surface area contributed by atoms with E-state index in [9.17, 15) is 9.59 Å². The molecule has 7 nitrogen and oxygen atoms in total. The first-order chi connectivity index (χ1) is 9.93. The predicted octanol–water partition coefficient (Wildman–Crippen LogP) is 0.459. The molecule has 0 aromatic heterocycles. The van der Waals surface area contributed by atoms with E-state index < -0.39 is 5.97 Å². The maximum atomic E-state index is 12.2. The standard InChI is InChI=1S/C14H27N3O4/c1-4-21-10-12(11(2)3)15-14(20)17-7-5-16(6-8-17)9-13(18)19/h11-12H,4-10H2,1-3H3,(H,15,20)(H,18,19). The van der Waals surface area contributed by atoms with Crippen molar-refractivity contribution in [3.05, 3.63) is 0 Å². The number of nitrogens with one attached hydrogen (secondary N) is 1. The van der Waals surface area contributed by atoms with E-state index in [4.69, 9.17) is 9.84 Å². The number of nitrogens with zero attached hydrogens (tertiary/aromatic N) is 2. The van der Waals surface area contributed by atoms with Crippen LogP contribution in [-0.2, 0) is 9.53 Å². The fourth-order valence-corrected chi connectivity index (χ4v) is 2.20. The van der Waals surface area contributed by atoms with Crippen LogP contribution in [0.2, 0.25) is 0 Å². The van der Waals surface area contributed by atoms with Crippen molar-refractivity contribution in [1.29, 1.82) is 0 Å². The third-order valence-corrected chi connectivity index (χ3v) is 3.63. The SMILES string of the molecule is CCOCC(NC(=O)N1CCN(CC(=O)O)CC1)C(C)C. The lowest BCUT2D eigenvalue weighted by molar-refractivity contribution is -0.138. The highest BCUT2D eigenvalue weighted by atomic mass is 16.5. The van der Waals surface area contributed by atoms with Gasteiger partial charge in [-0.25, -0.2) is 4.79 Å². The van der Waals surface area contributed by atoms with Gasteiger partial charge in [-0.2, -0.15) is 0 Å². The first-order valence-electron chi connectivity index (χ1n) is 7.51. The number of carbonyl (C=O) groups excluding carboxylic acids is 1. The Labute approximate surface area is 126 Å². The second kappa shape index (κ2) is 8.84. The molecule has 0 aliphatic carbocycles. The Hall–Kier alpha value is -1.34. The summed E-state index contributed by atoms with van der Waals surface area (Å²) in [6.07, 6.45) is 0. The average Bonchev–Trinajstić information content (AvgIpc) is 2.43. The molecule has 0 aromatic rings. The summed E-state index contributed by atoms with van der Waals surface area (Å²) in [6.45, 7) is 9.51. The summed E-state index contributed by atoms with van der Waals surface area (Å²) in [5.74, 6) is -0.529. The second-order valence-electron chi connectivity index (χ2n) is 5.62. The Morgan fingerprint density at radius 2 is 1.86 bits per heavy atom. The predicted molar refractivity (Wildman–Crippen MR) is 79.3 cm³/mol. The lowest BCUT2D eigenvalue weighted by atomic mass is 10.1. The van der Waals surface area contributed by atoms with Gasteiger partial charge >= 0.3 is 12.0 Å². The molecule has 2 N–H and O–H groups in total. The van der Waals surface area contributed by atoms with Crippen LogP contribution in [0.1, 0.15) is 20.8 Å². The third-order valence-electron chi connectivity index (χ3n) is 3.63. The zero-order valence-corrected chi connectivity index (χ0v) is 13.2. The van der Waals surface area contributed by atoms with E-state index in [1.165, 1.54) is 0 Å². The Bertz CT molecular complexity index is 341. The molecule has 7 heteroatoms. The van der Waals surface area contributed by atoms with Gasteiger partial charge in [-0.15, -0.1) is 0 Å². The average molecular weight is 301 g/mol.